The van der Waals surface area contributed by atoms with Crippen LogP contribution in [0.5, 0.6) is 5.75 Å². The molecule has 2 atom stereocenters. The van der Waals surface area contributed by atoms with Gasteiger partial charge in [0.25, 0.3) is 0 Å². The predicted molar refractivity (Wildman–Crippen MR) is 68.9 cm³/mol. The molecule has 0 aromatic heterocycles. The van der Waals surface area contributed by atoms with Crippen molar-refractivity contribution in [1.29, 1.82) is 0 Å². The van der Waals surface area contributed by atoms with Crippen molar-refractivity contribution in [3.05, 3.63) is 29.8 Å². The number of carbonyl (C=O) groups is 2. The van der Waals surface area contributed by atoms with Crippen molar-refractivity contribution in [2.24, 2.45) is 11.8 Å². The molecule has 1 aliphatic rings. The molecule has 5 nitrogen and oxygen atoms in total. The van der Waals surface area contributed by atoms with Gasteiger partial charge in [-0.25, -0.2) is 0 Å². The Morgan fingerprint density at radius 1 is 1.47 bits per heavy atom. The maximum Gasteiger partial charge on any atom is 0.308 e. The van der Waals surface area contributed by atoms with Crippen LogP contribution in [-0.4, -0.2) is 30.1 Å². The molecule has 102 valence electrons. The highest BCUT2D eigenvalue weighted by molar-refractivity contribution is 5.80. The number of nitrogens with one attached hydrogen (secondary N) is 1. The van der Waals surface area contributed by atoms with E-state index in [9.17, 15) is 9.59 Å². The van der Waals surface area contributed by atoms with Crippen LogP contribution in [0.15, 0.2) is 24.3 Å². The van der Waals surface area contributed by atoms with Crippen LogP contribution < -0.4 is 10.1 Å². The highest BCUT2D eigenvalue weighted by atomic mass is 16.5. The van der Waals surface area contributed by atoms with Crippen molar-refractivity contribution in [1.82, 2.24) is 5.32 Å². The highest BCUT2D eigenvalue weighted by Crippen LogP contribution is 2.26. The summed E-state index contributed by atoms with van der Waals surface area (Å²) in [5.41, 5.74) is 1.01. The molecule has 0 bridgehead atoms. The summed E-state index contributed by atoms with van der Waals surface area (Å²) in [7, 11) is 0. The molecule has 0 aliphatic carbocycles. The lowest BCUT2D eigenvalue weighted by atomic mass is 9.96. The van der Waals surface area contributed by atoms with Gasteiger partial charge in [-0.1, -0.05) is 25.1 Å². The molecule has 1 amide bonds. The van der Waals surface area contributed by atoms with E-state index < -0.39 is 11.9 Å². The molecule has 19 heavy (non-hydrogen) atoms. The third kappa shape index (κ3) is 3.24. The van der Waals surface area contributed by atoms with Gasteiger partial charge in [0.05, 0.1) is 11.8 Å². The Bertz CT molecular complexity index is 486. The second-order valence-electron chi connectivity index (χ2n) is 4.80. The number of benzene rings is 1. The molecule has 0 fully saturated rings. The Morgan fingerprint density at radius 2 is 2.21 bits per heavy atom. The molecule has 1 aromatic rings. The van der Waals surface area contributed by atoms with Crippen LogP contribution in [-0.2, 0) is 16.0 Å². The minimum Gasteiger partial charge on any atom is -0.492 e. The van der Waals surface area contributed by atoms with Crippen LogP contribution in [0, 0.1) is 11.8 Å². The number of rotatable bonds is 4. The third-order valence-corrected chi connectivity index (χ3v) is 3.25. The topological polar surface area (TPSA) is 75.6 Å². The molecular weight excluding hydrogens is 246 g/mol. The normalized spacial score (nSPS) is 18.9. The lowest BCUT2D eigenvalue weighted by Crippen LogP contribution is -2.40. The van der Waals surface area contributed by atoms with Gasteiger partial charge < -0.3 is 15.2 Å². The van der Waals surface area contributed by atoms with Crippen molar-refractivity contribution in [3.8, 4) is 5.75 Å². The van der Waals surface area contributed by atoms with Gasteiger partial charge in [0.1, 0.15) is 12.4 Å². The minimum atomic E-state index is -0.912. The molecule has 2 rings (SSSR count). The van der Waals surface area contributed by atoms with Gasteiger partial charge in [0.15, 0.2) is 0 Å². The highest BCUT2D eigenvalue weighted by Gasteiger charge is 2.26. The number of para-hydroxylation sites is 1. The van der Waals surface area contributed by atoms with E-state index in [0.717, 1.165) is 11.3 Å². The summed E-state index contributed by atoms with van der Waals surface area (Å²) < 4.78 is 5.53. The van der Waals surface area contributed by atoms with E-state index in [0.29, 0.717) is 13.0 Å². The fourth-order valence-corrected chi connectivity index (χ4v) is 1.98. The number of carboxylic acids is 1. The Kier molecular flexibility index (Phi) is 4.04. The summed E-state index contributed by atoms with van der Waals surface area (Å²) in [5, 5.41) is 11.4. The zero-order chi connectivity index (χ0) is 13.8. The van der Waals surface area contributed by atoms with E-state index in [4.69, 9.17) is 9.84 Å². The summed E-state index contributed by atoms with van der Waals surface area (Å²) >= 11 is 0. The smallest absolute Gasteiger partial charge is 0.308 e. The van der Waals surface area contributed by atoms with Crippen LogP contribution in [0.3, 0.4) is 0 Å². The molecule has 0 saturated carbocycles. The first-order chi connectivity index (χ1) is 9.08. The van der Waals surface area contributed by atoms with Crippen molar-refractivity contribution >= 4 is 11.9 Å². The summed E-state index contributed by atoms with van der Waals surface area (Å²) in [4.78, 5) is 22.6. The average Bonchev–Trinajstić information content (AvgIpc) is 2.43. The van der Waals surface area contributed by atoms with Crippen molar-refractivity contribution in [2.75, 3.05) is 13.2 Å². The Hall–Kier alpha value is -2.04. The first-order valence-electron chi connectivity index (χ1n) is 6.29. The monoisotopic (exact) mass is 263 g/mol. The van der Waals surface area contributed by atoms with Crippen LogP contribution in [0.25, 0.3) is 0 Å². The van der Waals surface area contributed by atoms with Gasteiger partial charge in [-0.2, -0.15) is 0 Å². The largest absolute Gasteiger partial charge is 0.492 e. The number of carboxylic acid groups (broad SMARTS) is 1. The quantitative estimate of drug-likeness (QED) is 0.852. The Labute approximate surface area is 111 Å². The first-order valence-corrected chi connectivity index (χ1v) is 6.29. The summed E-state index contributed by atoms with van der Waals surface area (Å²) in [6.07, 6.45) is 0.628. The second kappa shape index (κ2) is 5.73. The number of amides is 1. The second-order valence-corrected chi connectivity index (χ2v) is 4.80. The van der Waals surface area contributed by atoms with E-state index in [-0.39, 0.29) is 18.4 Å². The maximum absolute atomic E-state index is 12.0. The average molecular weight is 263 g/mol. The lowest BCUT2D eigenvalue weighted by Gasteiger charge is -2.24. The molecule has 2 N–H and O–H groups in total. The van der Waals surface area contributed by atoms with Crippen molar-refractivity contribution < 1.29 is 19.4 Å². The zero-order valence-corrected chi connectivity index (χ0v) is 10.8. The Morgan fingerprint density at radius 3 is 2.95 bits per heavy atom. The van der Waals surface area contributed by atoms with Gasteiger partial charge in [-0.05, 0) is 18.1 Å². The molecule has 5 heteroatoms. The van der Waals surface area contributed by atoms with Gasteiger partial charge in [0.2, 0.25) is 5.91 Å². The van der Waals surface area contributed by atoms with Crippen LogP contribution in [0.1, 0.15) is 12.5 Å². The summed E-state index contributed by atoms with van der Waals surface area (Å²) in [5.74, 6) is -1.07. The number of hydrogen-bond acceptors (Lipinski definition) is 3. The molecule has 0 spiro atoms. The fraction of sp³-hybridized carbons (Fsp3) is 0.429. The molecule has 0 saturated heterocycles. The van der Waals surface area contributed by atoms with Gasteiger partial charge in [-0.3, -0.25) is 9.59 Å². The predicted octanol–water partition coefficient (Wildman–Crippen LogP) is 1.07. The van der Waals surface area contributed by atoms with E-state index in [1.807, 2.05) is 24.3 Å². The fourth-order valence-electron chi connectivity index (χ4n) is 1.98. The molecule has 2 unspecified atom stereocenters. The van der Waals surface area contributed by atoms with E-state index >= 15 is 0 Å². The number of ether oxygens (including phenoxy) is 1. The van der Waals surface area contributed by atoms with Crippen molar-refractivity contribution in [2.45, 2.75) is 13.3 Å². The van der Waals surface area contributed by atoms with Crippen molar-refractivity contribution in [3.63, 3.8) is 0 Å². The van der Waals surface area contributed by atoms with E-state index in [1.165, 1.54) is 0 Å². The standard InChI is InChI=1S/C14H17NO4/c1-9(14(17)18)7-15-13(16)11-6-10-4-2-3-5-12(10)19-8-11/h2-5,9,11H,6-8H2,1H3,(H,15,16)(H,17,18). The Balaban J connectivity index is 1.90. The number of carbonyl (C=O) groups excluding carboxylic acids is 1. The molecule has 1 aliphatic heterocycles. The molecular formula is C14H17NO4. The van der Waals surface area contributed by atoms with Gasteiger partial charge in [-0.15, -0.1) is 0 Å². The van der Waals surface area contributed by atoms with Gasteiger partial charge >= 0.3 is 5.97 Å². The van der Waals surface area contributed by atoms with Crippen LogP contribution in [0.4, 0.5) is 0 Å². The lowest BCUT2D eigenvalue weighted by molar-refractivity contribution is -0.141. The molecule has 0 radical (unpaired) electrons. The minimum absolute atomic E-state index is 0.145. The van der Waals surface area contributed by atoms with Crippen LogP contribution in [0.2, 0.25) is 0 Å². The molecule has 1 aromatic carbocycles. The maximum atomic E-state index is 12.0. The summed E-state index contributed by atoms with van der Waals surface area (Å²) in [6, 6.07) is 7.63. The number of fused-ring (bicyclic) bond motifs is 1. The first kappa shape index (κ1) is 13.4. The zero-order valence-electron chi connectivity index (χ0n) is 10.8. The van der Waals surface area contributed by atoms with Crippen LogP contribution >= 0.6 is 0 Å². The van der Waals surface area contributed by atoms with Gasteiger partial charge in [0, 0.05) is 6.54 Å². The van der Waals surface area contributed by atoms with E-state index in [1.54, 1.807) is 6.92 Å². The third-order valence-electron chi connectivity index (χ3n) is 3.25. The number of aliphatic carboxylic acids is 1. The summed E-state index contributed by atoms with van der Waals surface area (Å²) in [6.45, 7) is 2.05. The SMILES string of the molecule is CC(CNC(=O)C1COc2ccccc2C1)C(=O)O. The molecule has 1 heterocycles. The van der Waals surface area contributed by atoms with E-state index in [2.05, 4.69) is 5.32 Å². The number of hydrogen-bond donors (Lipinski definition) is 2.